The van der Waals surface area contributed by atoms with Crippen molar-refractivity contribution in [1.29, 1.82) is 5.26 Å². The van der Waals surface area contributed by atoms with E-state index in [1.807, 2.05) is 19.1 Å². The molecule has 1 aliphatic carbocycles. The van der Waals surface area contributed by atoms with Crippen molar-refractivity contribution >= 4 is 17.5 Å². The van der Waals surface area contributed by atoms with E-state index in [0.717, 1.165) is 24.6 Å². The highest BCUT2D eigenvalue weighted by Gasteiger charge is 2.25. The van der Waals surface area contributed by atoms with Gasteiger partial charge in [-0.25, -0.2) is 14.4 Å². The largest absolute Gasteiger partial charge is 0.362 e. The third kappa shape index (κ3) is 3.76. The van der Waals surface area contributed by atoms with Crippen molar-refractivity contribution in [2.24, 2.45) is 0 Å². The van der Waals surface area contributed by atoms with E-state index in [1.54, 1.807) is 6.07 Å². The predicted molar refractivity (Wildman–Crippen MR) is 99.0 cm³/mol. The van der Waals surface area contributed by atoms with Crippen molar-refractivity contribution in [3.63, 3.8) is 0 Å². The highest BCUT2D eigenvalue weighted by Crippen LogP contribution is 2.39. The molecule has 3 N–H and O–H groups in total. The lowest BCUT2D eigenvalue weighted by Crippen LogP contribution is -2.11. The number of hydrogen-bond donors (Lipinski definition) is 3. The fraction of sp³-hybridized carbons (Fsp3) is 0.263. The lowest BCUT2D eigenvalue weighted by Gasteiger charge is -2.16. The van der Waals surface area contributed by atoms with Crippen LogP contribution in [0.4, 0.5) is 26.2 Å². The van der Waals surface area contributed by atoms with Crippen LogP contribution in [0.1, 0.15) is 48.5 Å². The Balaban J connectivity index is 1.57. The van der Waals surface area contributed by atoms with Crippen LogP contribution < -0.4 is 10.6 Å². The van der Waals surface area contributed by atoms with E-state index in [2.05, 4.69) is 30.8 Å². The number of nitrogens with one attached hydrogen (secondary N) is 3. The Morgan fingerprint density at radius 3 is 2.75 bits per heavy atom. The second-order valence-corrected chi connectivity index (χ2v) is 6.71. The SMILES string of the molecule is C[C@@H](Nc1nc(Nc2cc(C3CC3)[nH]n2)c(F)cc1C#N)c1ccc(F)nc1. The Bertz CT molecular complexity index is 1040. The van der Waals surface area contributed by atoms with E-state index in [1.165, 1.54) is 12.3 Å². The fourth-order valence-corrected chi connectivity index (χ4v) is 2.83. The maximum atomic E-state index is 14.4. The Kier molecular flexibility index (Phi) is 4.61. The van der Waals surface area contributed by atoms with Crippen molar-refractivity contribution in [2.45, 2.75) is 31.7 Å². The molecule has 0 amide bonds. The van der Waals surface area contributed by atoms with Gasteiger partial charge in [-0.1, -0.05) is 6.07 Å². The minimum Gasteiger partial charge on any atom is -0.362 e. The highest BCUT2D eigenvalue weighted by molar-refractivity contribution is 5.62. The van der Waals surface area contributed by atoms with Crippen LogP contribution in [0.5, 0.6) is 0 Å². The van der Waals surface area contributed by atoms with Crippen LogP contribution in [0, 0.1) is 23.1 Å². The molecule has 3 aromatic rings. The number of aromatic nitrogens is 4. The van der Waals surface area contributed by atoms with Gasteiger partial charge in [0.2, 0.25) is 5.95 Å². The van der Waals surface area contributed by atoms with E-state index in [-0.39, 0.29) is 23.2 Å². The molecule has 1 fully saturated rings. The molecule has 3 heterocycles. The van der Waals surface area contributed by atoms with Gasteiger partial charge in [0.1, 0.15) is 11.9 Å². The third-order valence-electron chi connectivity index (χ3n) is 4.56. The lowest BCUT2D eigenvalue weighted by atomic mass is 10.1. The Hall–Kier alpha value is -3.54. The first-order chi connectivity index (χ1) is 13.5. The number of hydrogen-bond acceptors (Lipinski definition) is 6. The first-order valence-corrected chi connectivity index (χ1v) is 8.84. The average molecular weight is 381 g/mol. The molecule has 142 valence electrons. The number of H-pyrrole nitrogens is 1. The molecule has 0 saturated heterocycles. The first kappa shape index (κ1) is 17.9. The summed E-state index contributed by atoms with van der Waals surface area (Å²) in [6, 6.07) is 7.38. The van der Waals surface area contributed by atoms with Gasteiger partial charge >= 0.3 is 0 Å². The molecule has 7 nitrogen and oxygen atoms in total. The smallest absolute Gasteiger partial charge is 0.212 e. The lowest BCUT2D eigenvalue weighted by molar-refractivity contribution is 0.581. The number of rotatable bonds is 6. The summed E-state index contributed by atoms with van der Waals surface area (Å²) < 4.78 is 27.4. The van der Waals surface area contributed by atoms with Crippen LogP contribution in [0.25, 0.3) is 0 Å². The van der Waals surface area contributed by atoms with Crippen LogP contribution in [-0.2, 0) is 0 Å². The van der Waals surface area contributed by atoms with Gasteiger partial charge in [-0.3, -0.25) is 5.10 Å². The van der Waals surface area contributed by atoms with Crippen molar-refractivity contribution < 1.29 is 8.78 Å². The normalized spacial score (nSPS) is 14.4. The third-order valence-corrected chi connectivity index (χ3v) is 4.56. The first-order valence-electron chi connectivity index (χ1n) is 8.84. The molecule has 28 heavy (non-hydrogen) atoms. The van der Waals surface area contributed by atoms with Crippen LogP contribution in [-0.4, -0.2) is 20.2 Å². The maximum absolute atomic E-state index is 14.4. The van der Waals surface area contributed by atoms with Gasteiger partial charge in [-0.2, -0.15) is 14.8 Å². The molecule has 1 atom stereocenters. The summed E-state index contributed by atoms with van der Waals surface area (Å²) in [6.07, 6.45) is 3.63. The minimum absolute atomic E-state index is 0.0419. The zero-order valence-corrected chi connectivity index (χ0v) is 15.0. The van der Waals surface area contributed by atoms with Crippen LogP contribution in [0.2, 0.25) is 0 Å². The molecule has 1 aliphatic rings. The summed E-state index contributed by atoms with van der Waals surface area (Å²) in [5, 5.41) is 22.3. The Morgan fingerprint density at radius 2 is 2.07 bits per heavy atom. The van der Waals surface area contributed by atoms with Gasteiger partial charge in [0.05, 0.1) is 11.6 Å². The summed E-state index contributed by atoms with van der Waals surface area (Å²) in [6.45, 7) is 1.81. The summed E-state index contributed by atoms with van der Waals surface area (Å²) in [5.41, 5.74) is 1.77. The van der Waals surface area contributed by atoms with Gasteiger partial charge in [-0.05, 0) is 37.5 Å². The number of anilines is 3. The van der Waals surface area contributed by atoms with Crippen molar-refractivity contribution in [2.75, 3.05) is 10.6 Å². The monoisotopic (exact) mass is 381 g/mol. The molecule has 1 saturated carbocycles. The molecule has 0 aliphatic heterocycles. The number of halogens is 2. The summed E-state index contributed by atoms with van der Waals surface area (Å²) in [5.74, 6) is -0.122. The summed E-state index contributed by atoms with van der Waals surface area (Å²) in [4.78, 5) is 7.84. The van der Waals surface area contributed by atoms with E-state index in [9.17, 15) is 14.0 Å². The number of nitriles is 1. The average Bonchev–Trinajstić information content (AvgIpc) is 3.44. The van der Waals surface area contributed by atoms with Gasteiger partial charge in [0.25, 0.3) is 0 Å². The summed E-state index contributed by atoms with van der Waals surface area (Å²) in [7, 11) is 0. The maximum Gasteiger partial charge on any atom is 0.212 e. The van der Waals surface area contributed by atoms with Crippen molar-refractivity contribution in [1.82, 2.24) is 20.2 Å². The molecule has 0 aromatic carbocycles. The highest BCUT2D eigenvalue weighted by atomic mass is 19.1. The zero-order chi connectivity index (χ0) is 19.7. The zero-order valence-electron chi connectivity index (χ0n) is 15.0. The van der Waals surface area contributed by atoms with Gasteiger partial charge < -0.3 is 10.6 Å². The van der Waals surface area contributed by atoms with E-state index >= 15 is 0 Å². The fourth-order valence-electron chi connectivity index (χ4n) is 2.83. The number of aromatic amines is 1. The molecule has 9 heteroatoms. The molecule has 3 aromatic heterocycles. The van der Waals surface area contributed by atoms with Crippen LogP contribution in [0.15, 0.2) is 30.5 Å². The molecule has 0 radical (unpaired) electrons. The van der Waals surface area contributed by atoms with Crippen LogP contribution in [0.3, 0.4) is 0 Å². The molecule has 0 unspecified atom stereocenters. The van der Waals surface area contributed by atoms with E-state index in [0.29, 0.717) is 17.3 Å². The quantitative estimate of drug-likeness (QED) is 0.555. The minimum atomic E-state index is -0.658. The molecular weight excluding hydrogens is 364 g/mol. The Labute approximate surface area is 159 Å². The van der Waals surface area contributed by atoms with Crippen molar-refractivity contribution in [3.05, 3.63) is 59.0 Å². The predicted octanol–water partition coefficient (Wildman–Crippen LogP) is 4.14. The van der Waals surface area contributed by atoms with Gasteiger partial charge in [-0.15, -0.1) is 0 Å². The number of pyridine rings is 2. The summed E-state index contributed by atoms with van der Waals surface area (Å²) >= 11 is 0. The Morgan fingerprint density at radius 1 is 1.25 bits per heavy atom. The second kappa shape index (κ2) is 7.23. The number of nitrogens with zero attached hydrogens (tertiary/aromatic N) is 4. The van der Waals surface area contributed by atoms with Gasteiger partial charge in [0, 0.05) is 23.9 Å². The topological polar surface area (TPSA) is 102 Å². The second-order valence-electron chi connectivity index (χ2n) is 6.71. The molecule has 0 spiro atoms. The standard InChI is InChI=1S/C19H17F2N7/c1-10(12-4-5-16(21)23-9-12)24-18-13(8-22)6-14(20)19(26-18)25-17-7-15(27-28-17)11-2-3-11/h4-7,9-11H,2-3H2,1H3,(H3,24,25,26,27,28)/t10-/m1/s1. The van der Waals surface area contributed by atoms with E-state index in [4.69, 9.17) is 0 Å². The molecule has 4 rings (SSSR count). The van der Waals surface area contributed by atoms with E-state index < -0.39 is 11.8 Å². The van der Waals surface area contributed by atoms with Crippen LogP contribution >= 0.6 is 0 Å². The van der Waals surface area contributed by atoms with Crippen molar-refractivity contribution in [3.8, 4) is 6.07 Å². The van der Waals surface area contributed by atoms with Gasteiger partial charge in [0.15, 0.2) is 17.5 Å². The molecule has 0 bridgehead atoms. The molecular formula is C19H17F2N7.